The van der Waals surface area contributed by atoms with Gasteiger partial charge in [0.15, 0.2) is 0 Å². The SMILES string of the molecule is CN(C)CCCN(C)CC(C)(NC1CC1)C(N)=O. The van der Waals surface area contributed by atoms with Crippen LogP contribution in [0, 0.1) is 0 Å². The standard InChI is InChI=1S/C13H28N4O/c1-13(12(14)18,15-11-6-7-11)10-17(4)9-5-8-16(2)3/h11,15H,5-10H2,1-4H3,(H2,14,18). The number of rotatable bonds is 9. The Bertz CT molecular complexity index is 278. The monoisotopic (exact) mass is 256 g/mol. The van der Waals surface area contributed by atoms with E-state index >= 15 is 0 Å². The smallest absolute Gasteiger partial charge is 0.238 e. The molecule has 0 aromatic rings. The van der Waals surface area contributed by atoms with Crippen molar-refractivity contribution in [2.45, 2.75) is 37.8 Å². The minimum atomic E-state index is -0.603. The van der Waals surface area contributed by atoms with Crippen LogP contribution in [0.2, 0.25) is 0 Å². The topological polar surface area (TPSA) is 61.6 Å². The summed E-state index contributed by atoms with van der Waals surface area (Å²) in [4.78, 5) is 16.0. The van der Waals surface area contributed by atoms with Gasteiger partial charge in [0.1, 0.15) is 5.54 Å². The number of nitrogens with two attached hydrogens (primary N) is 1. The highest BCUT2D eigenvalue weighted by molar-refractivity contribution is 5.84. The summed E-state index contributed by atoms with van der Waals surface area (Å²) >= 11 is 0. The average molecular weight is 256 g/mol. The van der Waals surface area contributed by atoms with Crippen LogP contribution in [0.5, 0.6) is 0 Å². The predicted molar refractivity (Wildman–Crippen MR) is 74.4 cm³/mol. The van der Waals surface area contributed by atoms with Crippen molar-refractivity contribution in [3.05, 3.63) is 0 Å². The van der Waals surface area contributed by atoms with Gasteiger partial charge in [-0.3, -0.25) is 10.1 Å². The second-order valence-electron chi connectivity index (χ2n) is 6.01. The Morgan fingerprint density at radius 1 is 1.33 bits per heavy atom. The van der Waals surface area contributed by atoms with E-state index in [-0.39, 0.29) is 5.91 Å². The van der Waals surface area contributed by atoms with E-state index in [4.69, 9.17) is 5.73 Å². The van der Waals surface area contributed by atoms with E-state index in [0.29, 0.717) is 12.6 Å². The molecule has 1 saturated carbocycles. The minimum Gasteiger partial charge on any atom is -0.368 e. The Labute approximate surface area is 111 Å². The van der Waals surface area contributed by atoms with Gasteiger partial charge >= 0.3 is 0 Å². The molecule has 5 nitrogen and oxygen atoms in total. The molecule has 106 valence electrons. The first-order valence-corrected chi connectivity index (χ1v) is 6.74. The van der Waals surface area contributed by atoms with E-state index in [9.17, 15) is 4.79 Å². The quantitative estimate of drug-likeness (QED) is 0.603. The maximum atomic E-state index is 11.6. The Hall–Kier alpha value is -0.650. The van der Waals surface area contributed by atoms with Crippen molar-refractivity contribution < 1.29 is 4.79 Å². The fourth-order valence-electron chi connectivity index (χ4n) is 2.15. The molecule has 1 fully saturated rings. The molecule has 5 heteroatoms. The highest BCUT2D eigenvalue weighted by Crippen LogP contribution is 2.22. The molecule has 1 unspecified atom stereocenters. The molecular weight excluding hydrogens is 228 g/mol. The first-order valence-electron chi connectivity index (χ1n) is 6.74. The van der Waals surface area contributed by atoms with Crippen molar-refractivity contribution >= 4 is 5.91 Å². The van der Waals surface area contributed by atoms with Gasteiger partial charge in [-0.1, -0.05) is 0 Å². The number of nitrogens with zero attached hydrogens (tertiary/aromatic N) is 2. The molecule has 0 radical (unpaired) electrons. The molecule has 0 spiro atoms. The van der Waals surface area contributed by atoms with E-state index in [2.05, 4.69) is 29.2 Å². The Balaban J connectivity index is 2.37. The number of hydrogen-bond donors (Lipinski definition) is 2. The van der Waals surface area contributed by atoms with Crippen molar-refractivity contribution in [1.82, 2.24) is 15.1 Å². The minimum absolute atomic E-state index is 0.256. The van der Waals surface area contributed by atoms with Crippen LogP contribution in [0.15, 0.2) is 0 Å². The van der Waals surface area contributed by atoms with Gasteiger partial charge in [0.25, 0.3) is 0 Å². The summed E-state index contributed by atoms with van der Waals surface area (Å²) in [5.41, 5.74) is 4.93. The molecule has 0 bridgehead atoms. The average Bonchev–Trinajstić information content (AvgIpc) is 3.00. The van der Waals surface area contributed by atoms with Gasteiger partial charge in [0.2, 0.25) is 5.91 Å². The number of nitrogens with one attached hydrogen (secondary N) is 1. The fourth-order valence-corrected chi connectivity index (χ4v) is 2.15. The summed E-state index contributed by atoms with van der Waals surface area (Å²) in [6, 6.07) is 0.484. The summed E-state index contributed by atoms with van der Waals surface area (Å²) in [6.45, 7) is 4.63. The Morgan fingerprint density at radius 2 is 1.94 bits per heavy atom. The van der Waals surface area contributed by atoms with Crippen molar-refractivity contribution in [1.29, 1.82) is 0 Å². The van der Waals surface area contributed by atoms with Crippen LogP contribution >= 0.6 is 0 Å². The van der Waals surface area contributed by atoms with Gasteiger partial charge in [0.05, 0.1) is 0 Å². The molecule has 1 amide bonds. The number of hydrogen-bond acceptors (Lipinski definition) is 4. The van der Waals surface area contributed by atoms with Crippen LogP contribution in [-0.2, 0) is 4.79 Å². The number of carbonyl (C=O) groups excluding carboxylic acids is 1. The van der Waals surface area contributed by atoms with Crippen LogP contribution in [0.25, 0.3) is 0 Å². The molecule has 18 heavy (non-hydrogen) atoms. The third-order valence-corrected chi connectivity index (χ3v) is 3.38. The summed E-state index contributed by atoms with van der Waals surface area (Å²) in [5.74, 6) is -0.256. The zero-order chi connectivity index (χ0) is 13.8. The molecule has 1 aliphatic carbocycles. The van der Waals surface area contributed by atoms with E-state index in [1.807, 2.05) is 14.0 Å². The van der Waals surface area contributed by atoms with Crippen LogP contribution in [-0.4, -0.2) is 68.1 Å². The summed E-state index contributed by atoms with van der Waals surface area (Å²) in [7, 11) is 6.19. The van der Waals surface area contributed by atoms with Gasteiger partial charge < -0.3 is 15.5 Å². The lowest BCUT2D eigenvalue weighted by Crippen LogP contribution is -2.59. The molecule has 1 rings (SSSR count). The van der Waals surface area contributed by atoms with Crippen molar-refractivity contribution in [3.63, 3.8) is 0 Å². The molecule has 1 aliphatic rings. The molecule has 0 aromatic carbocycles. The highest BCUT2D eigenvalue weighted by atomic mass is 16.1. The molecule has 3 N–H and O–H groups in total. The number of primary amides is 1. The van der Waals surface area contributed by atoms with Crippen LogP contribution in [0.3, 0.4) is 0 Å². The fraction of sp³-hybridized carbons (Fsp3) is 0.923. The van der Waals surface area contributed by atoms with Gasteiger partial charge in [-0.05, 0) is 60.4 Å². The van der Waals surface area contributed by atoms with Crippen LogP contribution in [0.4, 0.5) is 0 Å². The second-order valence-corrected chi connectivity index (χ2v) is 6.01. The first-order chi connectivity index (χ1) is 8.33. The highest BCUT2D eigenvalue weighted by Gasteiger charge is 2.37. The lowest BCUT2D eigenvalue weighted by atomic mass is 10.0. The lowest BCUT2D eigenvalue weighted by molar-refractivity contribution is -0.124. The normalized spacial score (nSPS) is 19.2. The van der Waals surface area contributed by atoms with E-state index in [1.165, 1.54) is 0 Å². The molecule has 0 aromatic heterocycles. The molecule has 0 heterocycles. The maximum absolute atomic E-state index is 11.6. The number of amides is 1. The zero-order valence-corrected chi connectivity index (χ0v) is 12.2. The van der Waals surface area contributed by atoms with E-state index in [1.54, 1.807) is 0 Å². The van der Waals surface area contributed by atoms with Gasteiger partial charge in [-0.25, -0.2) is 0 Å². The van der Waals surface area contributed by atoms with Crippen molar-refractivity contribution in [2.75, 3.05) is 40.8 Å². The lowest BCUT2D eigenvalue weighted by Gasteiger charge is -2.32. The third-order valence-electron chi connectivity index (χ3n) is 3.38. The summed E-state index contributed by atoms with van der Waals surface area (Å²) in [5, 5.41) is 3.37. The Morgan fingerprint density at radius 3 is 2.39 bits per heavy atom. The predicted octanol–water partition coefficient (Wildman–Crippen LogP) is -0.134. The number of likely N-dealkylation sites (N-methyl/N-ethyl adjacent to an activating group) is 1. The van der Waals surface area contributed by atoms with Crippen molar-refractivity contribution in [2.24, 2.45) is 5.73 Å². The third kappa shape index (κ3) is 5.33. The van der Waals surface area contributed by atoms with E-state index in [0.717, 1.165) is 32.4 Å². The van der Waals surface area contributed by atoms with Crippen LogP contribution < -0.4 is 11.1 Å². The zero-order valence-electron chi connectivity index (χ0n) is 12.2. The molecule has 0 aliphatic heterocycles. The van der Waals surface area contributed by atoms with Crippen molar-refractivity contribution in [3.8, 4) is 0 Å². The summed E-state index contributed by atoms with van der Waals surface area (Å²) < 4.78 is 0. The summed E-state index contributed by atoms with van der Waals surface area (Å²) in [6.07, 6.45) is 3.42. The van der Waals surface area contributed by atoms with Gasteiger partial charge in [-0.2, -0.15) is 0 Å². The first kappa shape index (κ1) is 15.4. The molecule has 1 atom stereocenters. The van der Waals surface area contributed by atoms with Crippen LogP contribution in [0.1, 0.15) is 26.2 Å². The molecule has 0 saturated heterocycles. The maximum Gasteiger partial charge on any atom is 0.238 e. The van der Waals surface area contributed by atoms with Gasteiger partial charge in [0, 0.05) is 12.6 Å². The number of carbonyl (C=O) groups is 1. The largest absolute Gasteiger partial charge is 0.368 e. The Kier molecular flexibility index (Phi) is 5.56. The van der Waals surface area contributed by atoms with Gasteiger partial charge in [-0.15, -0.1) is 0 Å². The van der Waals surface area contributed by atoms with E-state index < -0.39 is 5.54 Å². The molecular formula is C13H28N4O. The second kappa shape index (κ2) is 6.50.